The maximum absolute atomic E-state index is 14.6. The molecule has 1 N–H and O–H groups in total. The van der Waals surface area contributed by atoms with E-state index in [2.05, 4.69) is 25.2 Å². The van der Waals surface area contributed by atoms with Gasteiger partial charge < -0.3 is 9.64 Å². The Kier molecular flexibility index (Phi) is 6.89. The first kappa shape index (κ1) is 22.9. The number of aromatic nitrogens is 3. The predicted molar refractivity (Wildman–Crippen MR) is 130 cm³/mol. The molecule has 1 fully saturated rings. The summed E-state index contributed by atoms with van der Waals surface area (Å²) in [5.41, 5.74) is 1.82. The first-order valence-electron chi connectivity index (χ1n) is 11.4. The minimum absolute atomic E-state index is 0.0774. The maximum Gasteiger partial charge on any atom is 0.239 e. The van der Waals surface area contributed by atoms with Gasteiger partial charge in [-0.25, -0.2) is 14.4 Å². The monoisotopic (exact) mass is 482 g/mol. The number of thioether (sulfide) groups is 1. The highest BCUT2D eigenvalue weighted by Gasteiger charge is 2.27. The van der Waals surface area contributed by atoms with Gasteiger partial charge in [0, 0.05) is 37.5 Å². The van der Waals surface area contributed by atoms with Gasteiger partial charge in [-0.2, -0.15) is 0 Å². The number of likely N-dealkylation sites (tertiary alicyclic amines) is 1. The fraction of sp³-hybridized carbons (Fsp3) is 0.417. The molecule has 1 amide bonds. The lowest BCUT2D eigenvalue weighted by molar-refractivity contribution is -0.116. The van der Waals surface area contributed by atoms with E-state index in [1.165, 1.54) is 18.0 Å². The van der Waals surface area contributed by atoms with Gasteiger partial charge in [-0.15, -0.1) is 11.8 Å². The number of rotatable bonds is 8. The van der Waals surface area contributed by atoms with Crippen molar-refractivity contribution in [2.45, 2.75) is 17.7 Å². The predicted octanol–water partition coefficient (Wildman–Crippen LogP) is 2.72. The van der Waals surface area contributed by atoms with Gasteiger partial charge in [-0.05, 0) is 43.5 Å². The molecule has 0 aliphatic carbocycles. The van der Waals surface area contributed by atoms with Crippen molar-refractivity contribution in [2.75, 3.05) is 50.6 Å². The van der Waals surface area contributed by atoms with Crippen LogP contribution in [0.25, 0.3) is 11.0 Å². The molecule has 0 radical (unpaired) electrons. The highest BCUT2D eigenvalue weighted by molar-refractivity contribution is 8.00. The molecule has 10 heteroatoms. The van der Waals surface area contributed by atoms with E-state index in [1.807, 2.05) is 12.1 Å². The average molecular weight is 483 g/mol. The lowest BCUT2D eigenvalue weighted by Gasteiger charge is -2.28. The van der Waals surface area contributed by atoms with Gasteiger partial charge in [0.15, 0.2) is 0 Å². The molecule has 0 saturated carbocycles. The normalized spacial score (nSPS) is 18.5. The largest absolute Gasteiger partial charge is 0.481 e. The zero-order valence-electron chi connectivity index (χ0n) is 19.0. The first-order chi connectivity index (χ1) is 16.6. The zero-order chi connectivity index (χ0) is 23.5. The minimum atomic E-state index is -0.330. The molecule has 2 aliphatic rings. The molecule has 34 heavy (non-hydrogen) atoms. The number of carbonyl (C=O) groups excluding carboxylic acids is 1. The molecule has 5 rings (SSSR count). The SMILES string of the molecule is COc1ccc2ncc(F)c(CCN3CC[C@@H](CNCN4C(=O)CSc5cccnc54)C3)c2n1. The van der Waals surface area contributed by atoms with Crippen LogP contribution in [0, 0.1) is 11.7 Å². The van der Waals surface area contributed by atoms with Gasteiger partial charge in [0.1, 0.15) is 11.6 Å². The van der Waals surface area contributed by atoms with E-state index >= 15 is 0 Å². The highest BCUT2D eigenvalue weighted by atomic mass is 32.2. The van der Waals surface area contributed by atoms with Crippen LogP contribution in [0.3, 0.4) is 0 Å². The summed E-state index contributed by atoms with van der Waals surface area (Å²) < 4.78 is 19.8. The second-order valence-corrected chi connectivity index (χ2v) is 9.58. The topological polar surface area (TPSA) is 83.5 Å². The van der Waals surface area contributed by atoms with E-state index in [-0.39, 0.29) is 11.7 Å². The lowest BCUT2D eigenvalue weighted by Crippen LogP contribution is -2.44. The summed E-state index contributed by atoms with van der Waals surface area (Å²) in [6.07, 6.45) is 4.63. The number of methoxy groups -OCH3 is 1. The van der Waals surface area contributed by atoms with Crippen LogP contribution in [0.5, 0.6) is 5.88 Å². The summed E-state index contributed by atoms with van der Waals surface area (Å²) in [6, 6.07) is 7.44. The third-order valence-corrected chi connectivity index (χ3v) is 7.38. The van der Waals surface area contributed by atoms with Crippen molar-refractivity contribution in [1.29, 1.82) is 0 Å². The van der Waals surface area contributed by atoms with Crippen LogP contribution in [0.4, 0.5) is 10.2 Å². The van der Waals surface area contributed by atoms with Crippen molar-refractivity contribution < 1.29 is 13.9 Å². The van der Waals surface area contributed by atoms with Crippen LogP contribution in [0.1, 0.15) is 12.0 Å². The van der Waals surface area contributed by atoms with Crippen molar-refractivity contribution in [3.05, 3.63) is 48.0 Å². The molecule has 0 aromatic carbocycles. The number of nitrogens with zero attached hydrogens (tertiary/aromatic N) is 5. The first-order valence-corrected chi connectivity index (χ1v) is 12.4. The van der Waals surface area contributed by atoms with E-state index < -0.39 is 0 Å². The Labute approximate surface area is 201 Å². The summed E-state index contributed by atoms with van der Waals surface area (Å²) in [5, 5.41) is 3.45. The highest BCUT2D eigenvalue weighted by Crippen LogP contribution is 2.32. The Bertz CT molecular complexity index is 1200. The van der Waals surface area contributed by atoms with Gasteiger partial charge in [-0.3, -0.25) is 20.0 Å². The van der Waals surface area contributed by atoms with Crippen LogP contribution in [-0.2, 0) is 11.2 Å². The fourth-order valence-electron chi connectivity index (χ4n) is 4.56. The van der Waals surface area contributed by atoms with Gasteiger partial charge in [0.2, 0.25) is 11.8 Å². The Morgan fingerprint density at radius 2 is 2.21 bits per heavy atom. The standard InChI is InChI=1S/C24H27FN6O2S/c1-33-21-5-4-19-23(29-21)17(18(25)12-28-19)7-10-30-9-6-16(13-30)11-26-15-31-22(32)14-34-20-3-2-8-27-24(20)31/h2-5,8,12,16,26H,6-7,9-11,13-15H2,1H3/t16-/m0/s1. The Morgan fingerprint density at radius 3 is 3.09 bits per heavy atom. The van der Waals surface area contributed by atoms with E-state index in [0.29, 0.717) is 47.2 Å². The fourth-order valence-corrected chi connectivity index (χ4v) is 5.46. The van der Waals surface area contributed by atoms with Gasteiger partial charge in [-0.1, -0.05) is 0 Å². The van der Waals surface area contributed by atoms with Crippen molar-refractivity contribution in [3.8, 4) is 5.88 Å². The molecule has 0 bridgehead atoms. The number of halogens is 1. The van der Waals surface area contributed by atoms with Crippen LogP contribution in [-0.4, -0.2) is 71.5 Å². The number of amides is 1. The molecule has 0 spiro atoms. The molecule has 178 valence electrons. The molecule has 1 saturated heterocycles. The molecule has 3 aromatic rings. The van der Waals surface area contributed by atoms with Crippen LogP contribution in [0.15, 0.2) is 41.6 Å². The van der Waals surface area contributed by atoms with Crippen LogP contribution >= 0.6 is 11.8 Å². The van der Waals surface area contributed by atoms with E-state index in [0.717, 1.165) is 43.3 Å². The molecular weight excluding hydrogens is 455 g/mol. The number of anilines is 1. The zero-order valence-corrected chi connectivity index (χ0v) is 19.9. The molecule has 1 atom stereocenters. The number of hydrogen-bond acceptors (Lipinski definition) is 8. The van der Waals surface area contributed by atoms with Gasteiger partial charge >= 0.3 is 0 Å². The van der Waals surface area contributed by atoms with Gasteiger partial charge in [0.05, 0.1) is 41.7 Å². The summed E-state index contributed by atoms with van der Waals surface area (Å²) in [4.78, 5) is 30.5. The van der Waals surface area contributed by atoms with E-state index in [4.69, 9.17) is 4.74 Å². The Morgan fingerprint density at radius 1 is 1.29 bits per heavy atom. The van der Waals surface area contributed by atoms with Crippen molar-refractivity contribution >= 4 is 34.5 Å². The summed E-state index contributed by atoms with van der Waals surface area (Å²) >= 11 is 1.54. The lowest BCUT2D eigenvalue weighted by atomic mass is 10.1. The van der Waals surface area contributed by atoms with Crippen molar-refractivity contribution in [1.82, 2.24) is 25.2 Å². The number of fused-ring (bicyclic) bond motifs is 2. The smallest absolute Gasteiger partial charge is 0.239 e. The summed E-state index contributed by atoms with van der Waals surface area (Å²) in [6.45, 7) is 3.94. The van der Waals surface area contributed by atoms with Crippen molar-refractivity contribution in [2.24, 2.45) is 5.92 Å². The number of nitrogens with one attached hydrogen (secondary N) is 1. The second kappa shape index (κ2) is 10.2. The van der Waals surface area contributed by atoms with E-state index in [1.54, 1.807) is 30.3 Å². The quantitative estimate of drug-likeness (QED) is 0.525. The minimum Gasteiger partial charge on any atom is -0.481 e. The van der Waals surface area contributed by atoms with Gasteiger partial charge in [0.25, 0.3) is 0 Å². The summed E-state index contributed by atoms with van der Waals surface area (Å²) in [5.74, 6) is 1.86. The third-order valence-electron chi connectivity index (χ3n) is 6.36. The average Bonchev–Trinajstić information content (AvgIpc) is 3.32. The third kappa shape index (κ3) is 4.84. The van der Waals surface area contributed by atoms with E-state index in [9.17, 15) is 9.18 Å². The molecule has 2 aliphatic heterocycles. The van der Waals surface area contributed by atoms with Crippen LogP contribution in [0.2, 0.25) is 0 Å². The molecular formula is C24H27FN6O2S. The molecule has 5 heterocycles. The number of pyridine rings is 3. The molecule has 3 aromatic heterocycles. The van der Waals surface area contributed by atoms with Crippen molar-refractivity contribution in [3.63, 3.8) is 0 Å². The number of carbonyl (C=O) groups is 1. The molecule has 8 nitrogen and oxygen atoms in total. The molecule has 0 unspecified atom stereocenters. The number of hydrogen-bond donors (Lipinski definition) is 1. The summed E-state index contributed by atoms with van der Waals surface area (Å²) in [7, 11) is 1.55. The number of ether oxygens (including phenoxy) is 1. The maximum atomic E-state index is 14.6. The Hall–Kier alpha value is -2.82. The Balaban J connectivity index is 1.14. The van der Waals surface area contributed by atoms with Crippen LogP contribution < -0.4 is 15.0 Å². The second-order valence-electron chi connectivity index (χ2n) is 8.56.